The molecule has 0 fully saturated rings. The van der Waals surface area contributed by atoms with E-state index in [2.05, 4.69) is 124 Å². The number of fused-ring (bicyclic) bond motifs is 12. The minimum atomic E-state index is -0.317. The Balaban J connectivity index is 1.19. The third-order valence-electron chi connectivity index (χ3n) is 12.8. The Hall–Kier alpha value is -8.74. The van der Waals surface area contributed by atoms with Gasteiger partial charge in [-0.2, -0.15) is 0 Å². The summed E-state index contributed by atoms with van der Waals surface area (Å²) in [6, 6.07) is 63.0. The van der Waals surface area contributed by atoms with Crippen molar-refractivity contribution >= 4 is 87.4 Å². The Kier molecular flexibility index (Phi) is 6.51. The first kappa shape index (κ1) is 31.2. The van der Waals surface area contributed by atoms with Gasteiger partial charge in [0.15, 0.2) is 5.82 Å². The highest BCUT2D eigenvalue weighted by Gasteiger charge is 2.26. The molecule has 5 aromatic heterocycles. The lowest BCUT2D eigenvalue weighted by Crippen LogP contribution is -2.08. The number of rotatable bonds is 5. The summed E-state index contributed by atoms with van der Waals surface area (Å²) >= 11 is 0. The van der Waals surface area contributed by atoms with E-state index in [1.807, 2.05) is 77.4 Å². The summed E-state index contributed by atoms with van der Waals surface area (Å²) in [5, 5.41) is 7.45. The van der Waals surface area contributed by atoms with Crippen molar-refractivity contribution < 1.29 is 9.90 Å². The second kappa shape index (κ2) is 13.4. The largest absolute Gasteiger partial charge is 0.456 e. The molecule has 5 heterocycles. The van der Waals surface area contributed by atoms with Crippen LogP contribution in [0.2, 0.25) is 0 Å². The fraction of sp³-hybridized carbons (Fsp3) is 0. The number of aromatic nitrogens is 5. The first-order valence-electron chi connectivity index (χ1n) is 23.3. The SMILES string of the molecule is [2H]c1c([2H])c([2H])c2c(c1[2H])c1ccccc1n2-c1cc(-n2c3ccccc3c3ccccc32)nc(-c2c(-c3cccc4oc5ccccc5c34)cccc2-n2c3ccccc3c3ccccc32)n1. The van der Waals surface area contributed by atoms with Crippen LogP contribution in [0, 0.1) is 0 Å². The maximum Gasteiger partial charge on any atom is 0.166 e. The summed E-state index contributed by atoms with van der Waals surface area (Å²) in [5.74, 6) is 1.45. The fourth-order valence-electron chi connectivity index (χ4n) is 10.2. The van der Waals surface area contributed by atoms with Crippen molar-refractivity contribution in [3.63, 3.8) is 0 Å². The zero-order valence-electron chi connectivity index (χ0n) is 38.0. The molecule has 0 aliphatic rings. The van der Waals surface area contributed by atoms with Crippen LogP contribution in [0.5, 0.6) is 0 Å². The number of hydrogen-bond acceptors (Lipinski definition) is 3. The van der Waals surface area contributed by atoms with Crippen molar-refractivity contribution in [1.82, 2.24) is 23.7 Å². The van der Waals surface area contributed by atoms with Gasteiger partial charge in [0.05, 0.1) is 49.8 Å². The van der Waals surface area contributed by atoms with Gasteiger partial charge in [-0.3, -0.25) is 9.13 Å². The van der Waals surface area contributed by atoms with Gasteiger partial charge >= 0.3 is 0 Å². The molecule has 6 nitrogen and oxygen atoms in total. The number of para-hydroxylation sites is 7. The quantitative estimate of drug-likeness (QED) is 0.174. The first-order chi connectivity index (χ1) is 33.4. The summed E-state index contributed by atoms with van der Waals surface area (Å²) in [6.45, 7) is 0. The molecule has 0 bridgehead atoms. The molecular weight excluding hydrogens is 783 g/mol. The fourth-order valence-corrected chi connectivity index (χ4v) is 10.2. The van der Waals surface area contributed by atoms with Gasteiger partial charge in [-0.15, -0.1) is 0 Å². The molecular formula is C58H35N5O. The zero-order chi connectivity index (χ0) is 45.4. The molecule has 0 saturated carbocycles. The lowest BCUT2D eigenvalue weighted by Gasteiger charge is -2.20. The van der Waals surface area contributed by atoms with E-state index in [9.17, 15) is 2.74 Å². The minimum absolute atomic E-state index is 0.104. The highest BCUT2D eigenvalue weighted by Crippen LogP contribution is 2.45. The van der Waals surface area contributed by atoms with E-state index in [4.69, 9.17) is 17.1 Å². The van der Waals surface area contributed by atoms with E-state index < -0.39 is 0 Å². The average Bonchev–Trinajstić information content (AvgIpc) is 4.14. The van der Waals surface area contributed by atoms with Crippen LogP contribution in [0.4, 0.5) is 0 Å². The van der Waals surface area contributed by atoms with Gasteiger partial charge in [0.1, 0.15) is 22.8 Å². The summed E-state index contributed by atoms with van der Waals surface area (Å²) in [4.78, 5) is 11.3. The van der Waals surface area contributed by atoms with Crippen molar-refractivity contribution in [1.29, 1.82) is 0 Å². The first-order valence-corrected chi connectivity index (χ1v) is 21.3. The number of benzene rings is 9. The maximum absolute atomic E-state index is 9.46. The van der Waals surface area contributed by atoms with Gasteiger partial charge in [-0.05, 0) is 65.7 Å². The van der Waals surface area contributed by atoms with E-state index in [0.717, 1.165) is 87.9 Å². The van der Waals surface area contributed by atoms with E-state index in [1.165, 1.54) is 0 Å². The molecule has 0 amide bonds. The van der Waals surface area contributed by atoms with Crippen LogP contribution in [-0.4, -0.2) is 23.7 Å². The van der Waals surface area contributed by atoms with Crippen molar-refractivity contribution in [3.8, 4) is 39.8 Å². The van der Waals surface area contributed by atoms with Gasteiger partial charge < -0.3 is 8.98 Å². The van der Waals surface area contributed by atoms with Crippen molar-refractivity contribution in [3.05, 3.63) is 212 Å². The van der Waals surface area contributed by atoms with Gasteiger partial charge in [0, 0.05) is 49.2 Å². The van der Waals surface area contributed by atoms with Crippen LogP contribution in [0.15, 0.2) is 217 Å². The summed E-state index contributed by atoms with van der Waals surface area (Å²) in [5.41, 5.74) is 10.0. The Morgan fingerprint density at radius 3 is 1.44 bits per heavy atom. The highest BCUT2D eigenvalue weighted by molar-refractivity contribution is 6.15. The van der Waals surface area contributed by atoms with E-state index in [1.54, 1.807) is 0 Å². The predicted molar refractivity (Wildman–Crippen MR) is 263 cm³/mol. The van der Waals surface area contributed by atoms with Gasteiger partial charge in [0.2, 0.25) is 0 Å². The third-order valence-corrected chi connectivity index (χ3v) is 12.8. The Morgan fingerprint density at radius 1 is 0.375 bits per heavy atom. The van der Waals surface area contributed by atoms with Crippen LogP contribution in [0.25, 0.3) is 127 Å². The Labute approximate surface area is 371 Å². The van der Waals surface area contributed by atoms with Crippen molar-refractivity contribution in [2.24, 2.45) is 0 Å². The number of hydrogen-bond donors (Lipinski definition) is 0. The average molecular weight is 822 g/mol. The van der Waals surface area contributed by atoms with E-state index in [-0.39, 0.29) is 24.2 Å². The molecule has 9 aromatic carbocycles. The molecule has 0 N–H and O–H groups in total. The molecule has 14 aromatic rings. The van der Waals surface area contributed by atoms with Crippen molar-refractivity contribution in [2.75, 3.05) is 0 Å². The second-order valence-corrected chi connectivity index (χ2v) is 16.2. The molecule has 0 saturated heterocycles. The summed E-state index contributed by atoms with van der Waals surface area (Å²) < 4.78 is 49.2. The molecule has 298 valence electrons. The smallest absolute Gasteiger partial charge is 0.166 e. The Bertz CT molecular complexity index is 4360. The van der Waals surface area contributed by atoms with E-state index in [0.29, 0.717) is 39.3 Å². The highest BCUT2D eigenvalue weighted by atomic mass is 16.3. The number of nitrogens with zero attached hydrogens (tertiary/aromatic N) is 5. The summed E-state index contributed by atoms with van der Waals surface area (Å²) in [6.07, 6.45) is 0. The topological polar surface area (TPSA) is 53.7 Å². The summed E-state index contributed by atoms with van der Waals surface area (Å²) in [7, 11) is 0. The predicted octanol–water partition coefficient (Wildman–Crippen LogP) is 15.0. The lowest BCUT2D eigenvalue weighted by atomic mass is 9.93. The molecule has 0 unspecified atom stereocenters. The van der Waals surface area contributed by atoms with Crippen molar-refractivity contribution in [2.45, 2.75) is 0 Å². The molecule has 0 radical (unpaired) electrons. The van der Waals surface area contributed by atoms with Crippen LogP contribution < -0.4 is 0 Å². The minimum Gasteiger partial charge on any atom is -0.456 e. The molecule has 6 heteroatoms. The second-order valence-electron chi connectivity index (χ2n) is 16.2. The standard InChI is InChI=1S/C58H35N5O/c1-8-26-45-36(17-1)37-18-2-9-27-46(37)61(45)51-32-15-24-43(42-25-16-34-53-56(42)44-23-7-14-33-52(44)64-53)57(51)58-59-54(62-47-28-10-3-19-38(47)39-20-4-11-29-48(39)62)35-55(60-58)63-49-30-12-5-21-40(49)41-22-6-13-31-50(41)63/h1-35H/i3D,10D,19D,28D. The molecule has 64 heavy (non-hydrogen) atoms. The molecule has 0 spiro atoms. The molecule has 0 aliphatic heterocycles. The van der Waals surface area contributed by atoms with Crippen LogP contribution >= 0.6 is 0 Å². The monoisotopic (exact) mass is 821 g/mol. The third kappa shape index (κ3) is 4.90. The van der Waals surface area contributed by atoms with Gasteiger partial charge in [-0.25, -0.2) is 9.97 Å². The van der Waals surface area contributed by atoms with Crippen LogP contribution in [0.1, 0.15) is 5.48 Å². The van der Waals surface area contributed by atoms with E-state index >= 15 is 0 Å². The number of furan rings is 1. The van der Waals surface area contributed by atoms with Gasteiger partial charge in [0.25, 0.3) is 0 Å². The molecule has 0 atom stereocenters. The normalized spacial score (nSPS) is 12.9. The molecule has 0 aliphatic carbocycles. The van der Waals surface area contributed by atoms with Gasteiger partial charge in [-0.1, -0.05) is 152 Å². The molecule has 14 rings (SSSR count). The lowest BCUT2D eigenvalue weighted by molar-refractivity contribution is 0.669. The Morgan fingerprint density at radius 2 is 0.828 bits per heavy atom. The maximum atomic E-state index is 9.46. The zero-order valence-corrected chi connectivity index (χ0v) is 34.0. The van der Waals surface area contributed by atoms with Crippen LogP contribution in [-0.2, 0) is 0 Å². The van der Waals surface area contributed by atoms with Crippen LogP contribution in [0.3, 0.4) is 0 Å².